The highest BCUT2D eigenvalue weighted by Crippen LogP contribution is 2.31. The van der Waals surface area contributed by atoms with Crippen molar-refractivity contribution in [1.82, 2.24) is 4.90 Å². The van der Waals surface area contributed by atoms with Gasteiger partial charge in [-0.25, -0.2) is 4.79 Å². The molecule has 0 aromatic heterocycles. The first-order chi connectivity index (χ1) is 9.75. The van der Waals surface area contributed by atoms with Crippen LogP contribution in [0.25, 0.3) is 0 Å². The van der Waals surface area contributed by atoms with Crippen LogP contribution in [0.5, 0.6) is 0 Å². The number of rotatable bonds is 5. The standard InChI is InChI=1S/C16H30BrNO3/c1-6-13(7-2)20-16(12-17)8-10-18(11-9-16)14(19)21-15(3,4)5/h13H,6-12H2,1-5H3. The number of carbonyl (C=O) groups is 1. The predicted molar refractivity (Wildman–Crippen MR) is 89.0 cm³/mol. The van der Waals surface area contributed by atoms with E-state index in [1.54, 1.807) is 4.90 Å². The number of alkyl halides is 1. The molecule has 21 heavy (non-hydrogen) atoms. The first-order valence-electron chi connectivity index (χ1n) is 7.97. The van der Waals surface area contributed by atoms with Crippen molar-refractivity contribution in [2.45, 2.75) is 77.6 Å². The molecule has 0 radical (unpaired) electrons. The van der Waals surface area contributed by atoms with Crippen LogP contribution < -0.4 is 0 Å². The summed E-state index contributed by atoms with van der Waals surface area (Å²) < 4.78 is 11.8. The average molecular weight is 364 g/mol. The number of nitrogens with zero attached hydrogens (tertiary/aromatic N) is 1. The van der Waals surface area contributed by atoms with Gasteiger partial charge in [0.15, 0.2) is 0 Å². The normalized spacial score (nSPS) is 18.9. The molecule has 0 saturated carbocycles. The second-order valence-electron chi connectivity index (χ2n) is 6.84. The fraction of sp³-hybridized carbons (Fsp3) is 0.938. The minimum atomic E-state index is -0.437. The zero-order valence-corrected chi connectivity index (χ0v) is 15.7. The number of hydrogen-bond acceptors (Lipinski definition) is 3. The first kappa shape index (κ1) is 18.8. The molecular weight excluding hydrogens is 334 g/mol. The molecule has 0 bridgehead atoms. The minimum Gasteiger partial charge on any atom is -0.444 e. The molecule has 0 aromatic rings. The van der Waals surface area contributed by atoms with Gasteiger partial charge in [-0.1, -0.05) is 29.8 Å². The summed E-state index contributed by atoms with van der Waals surface area (Å²) in [4.78, 5) is 13.9. The maximum absolute atomic E-state index is 12.1. The summed E-state index contributed by atoms with van der Waals surface area (Å²) in [5.74, 6) is 0. The zero-order valence-electron chi connectivity index (χ0n) is 14.1. The van der Waals surface area contributed by atoms with E-state index in [0.717, 1.165) is 31.0 Å². The van der Waals surface area contributed by atoms with Gasteiger partial charge in [-0.05, 0) is 46.5 Å². The smallest absolute Gasteiger partial charge is 0.410 e. The van der Waals surface area contributed by atoms with Crippen molar-refractivity contribution in [1.29, 1.82) is 0 Å². The van der Waals surface area contributed by atoms with E-state index in [-0.39, 0.29) is 11.7 Å². The molecular formula is C16H30BrNO3. The third kappa shape index (κ3) is 5.78. The lowest BCUT2D eigenvalue weighted by Gasteiger charge is -2.42. The summed E-state index contributed by atoms with van der Waals surface area (Å²) in [6, 6.07) is 0. The molecule has 1 aliphatic rings. The summed E-state index contributed by atoms with van der Waals surface area (Å²) in [7, 11) is 0. The van der Waals surface area contributed by atoms with Gasteiger partial charge in [0.2, 0.25) is 0 Å². The summed E-state index contributed by atoms with van der Waals surface area (Å²) >= 11 is 3.60. The van der Waals surface area contributed by atoms with Crippen molar-refractivity contribution >= 4 is 22.0 Å². The number of amides is 1. The van der Waals surface area contributed by atoms with Crippen LogP contribution in [0, 0.1) is 0 Å². The molecule has 1 amide bonds. The number of halogens is 1. The van der Waals surface area contributed by atoms with Gasteiger partial charge in [-0.2, -0.15) is 0 Å². The van der Waals surface area contributed by atoms with Crippen LogP contribution in [-0.4, -0.2) is 46.7 Å². The van der Waals surface area contributed by atoms with Crippen LogP contribution in [0.15, 0.2) is 0 Å². The number of carbonyl (C=O) groups excluding carboxylic acids is 1. The molecule has 1 fully saturated rings. The van der Waals surface area contributed by atoms with Gasteiger partial charge < -0.3 is 14.4 Å². The Morgan fingerprint density at radius 2 is 1.76 bits per heavy atom. The molecule has 124 valence electrons. The number of piperidine rings is 1. The summed E-state index contributed by atoms with van der Waals surface area (Å²) in [5.41, 5.74) is -0.581. The van der Waals surface area contributed by atoms with E-state index >= 15 is 0 Å². The Morgan fingerprint density at radius 3 is 2.14 bits per heavy atom. The molecule has 5 heteroatoms. The maximum atomic E-state index is 12.1. The summed E-state index contributed by atoms with van der Waals surface area (Å²) in [6.45, 7) is 11.4. The SMILES string of the molecule is CCC(CC)OC1(CBr)CCN(C(=O)OC(C)(C)C)CC1. The van der Waals surface area contributed by atoms with Crippen molar-refractivity contribution in [2.75, 3.05) is 18.4 Å². The second-order valence-corrected chi connectivity index (χ2v) is 7.40. The average Bonchev–Trinajstić information content (AvgIpc) is 2.43. The van der Waals surface area contributed by atoms with Crippen LogP contribution in [0.1, 0.15) is 60.3 Å². The Morgan fingerprint density at radius 1 is 1.24 bits per heavy atom. The quantitative estimate of drug-likeness (QED) is 0.681. The third-order valence-corrected chi connectivity index (χ3v) is 4.92. The molecule has 0 unspecified atom stereocenters. The van der Waals surface area contributed by atoms with E-state index in [9.17, 15) is 4.79 Å². The first-order valence-corrected chi connectivity index (χ1v) is 9.09. The Hall–Kier alpha value is -0.290. The lowest BCUT2D eigenvalue weighted by atomic mass is 9.93. The van der Waals surface area contributed by atoms with E-state index in [0.29, 0.717) is 19.2 Å². The van der Waals surface area contributed by atoms with E-state index < -0.39 is 5.60 Å². The van der Waals surface area contributed by atoms with E-state index in [2.05, 4.69) is 29.8 Å². The lowest BCUT2D eigenvalue weighted by molar-refractivity contribution is -0.109. The minimum absolute atomic E-state index is 0.144. The maximum Gasteiger partial charge on any atom is 0.410 e. The lowest BCUT2D eigenvalue weighted by Crippen LogP contribution is -2.51. The van der Waals surface area contributed by atoms with Crippen LogP contribution in [0.2, 0.25) is 0 Å². The van der Waals surface area contributed by atoms with Gasteiger partial charge in [-0.15, -0.1) is 0 Å². The highest BCUT2D eigenvalue weighted by atomic mass is 79.9. The van der Waals surface area contributed by atoms with E-state index in [4.69, 9.17) is 9.47 Å². The van der Waals surface area contributed by atoms with Crippen molar-refractivity contribution < 1.29 is 14.3 Å². The highest BCUT2D eigenvalue weighted by molar-refractivity contribution is 9.09. The van der Waals surface area contributed by atoms with Crippen molar-refractivity contribution in [2.24, 2.45) is 0 Å². The van der Waals surface area contributed by atoms with Crippen LogP contribution >= 0.6 is 15.9 Å². The molecule has 1 saturated heterocycles. The molecule has 1 heterocycles. The molecule has 0 atom stereocenters. The van der Waals surface area contributed by atoms with Gasteiger partial charge in [0.05, 0.1) is 11.7 Å². The highest BCUT2D eigenvalue weighted by Gasteiger charge is 2.38. The Kier molecular flexibility index (Phi) is 6.98. The van der Waals surface area contributed by atoms with E-state index in [1.165, 1.54) is 0 Å². The largest absolute Gasteiger partial charge is 0.444 e. The molecule has 0 N–H and O–H groups in total. The van der Waals surface area contributed by atoms with Gasteiger partial charge >= 0.3 is 6.09 Å². The molecule has 0 spiro atoms. The summed E-state index contributed by atoms with van der Waals surface area (Å²) in [6.07, 6.45) is 3.85. The second kappa shape index (κ2) is 7.82. The van der Waals surface area contributed by atoms with Gasteiger partial charge in [0, 0.05) is 18.4 Å². The molecule has 1 rings (SSSR count). The third-order valence-electron chi connectivity index (χ3n) is 3.90. The fourth-order valence-electron chi connectivity index (χ4n) is 2.52. The van der Waals surface area contributed by atoms with Gasteiger partial charge in [-0.3, -0.25) is 0 Å². The molecule has 1 aliphatic heterocycles. The molecule has 0 aromatic carbocycles. The van der Waals surface area contributed by atoms with Crippen LogP contribution in [-0.2, 0) is 9.47 Å². The van der Waals surface area contributed by atoms with Crippen molar-refractivity contribution in [3.63, 3.8) is 0 Å². The number of ether oxygens (including phenoxy) is 2. The monoisotopic (exact) mass is 363 g/mol. The van der Waals surface area contributed by atoms with E-state index in [1.807, 2.05) is 20.8 Å². The Bertz CT molecular complexity index is 329. The summed E-state index contributed by atoms with van der Waals surface area (Å²) in [5, 5.41) is 0.818. The predicted octanol–water partition coefficient (Wildman–Crippen LogP) is 4.36. The molecule has 4 nitrogen and oxygen atoms in total. The van der Waals surface area contributed by atoms with Crippen molar-refractivity contribution in [3.8, 4) is 0 Å². The van der Waals surface area contributed by atoms with Crippen LogP contribution in [0.4, 0.5) is 4.79 Å². The van der Waals surface area contributed by atoms with Crippen molar-refractivity contribution in [3.05, 3.63) is 0 Å². The Balaban J connectivity index is 2.57. The molecule has 0 aliphatic carbocycles. The zero-order chi connectivity index (χ0) is 16.1. The van der Waals surface area contributed by atoms with Gasteiger partial charge in [0.1, 0.15) is 5.60 Å². The fourth-order valence-corrected chi connectivity index (χ4v) is 3.21. The van der Waals surface area contributed by atoms with Crippen LogP contribution in [0.3, 0.4) is 0 Å². The topological polar surface area (TPSA) is 38.8 Å². The number of hydrogen-bond donors (Lipinski definition) is 0. The van der Waals surface area contributed by atoms with Gasteiger partial charge in [0.25, 0.3) is 0 Å². The number of likely N-dealkylation sites (tertiary alicyclic amines) is 1. The Labute approximate surface area is 137 Å².